The fourth-order valence-electron chi connectivity index (χ4n) is 4.79. The van der Waals surface area contributed by atoms with Crippen molar-refractivity contribution >= 4 is 11.8 Å². The van der Waals surface area contributed by atoms with Crippen LogP contribution in [-0.2, 0) is 4.74 Å². The van der Waals surface area contributed by atoms with E-state index in [1.807, 2.05) is 0 Å². The maximum Gasteiger partial charge on any atom is 0.0783 e. The van der Waals surface area contributed by atoms with Gasteiger partial charge in [0.15, 0.2) is 0 Å². The molecule has 3 fully saturated rings. The lowest BCUT2D eigenvalue weighted by molar-refractivity contribution is -0.0918. The summed E-state index contributed by atoms with van der Waals surface area (Å²) >= 11 is 2.10. The number of ether oxygens (including phenoxy) is 1. The van der Waals surface area contributed by atoms with Gasteiger partial charge in [0.25, 0.3) is 0 Å². The van der Waals surface area contributed by atoms with Crippen molar-refractivity contribution in [2.24, 2.45) is 23.7 Å². The fraction of sp³-hybridized carbons (Fsp3) is 1.00. The van der Waals surface area contributed by atoms with Gasteiger partial charge in [-0.2, -0.15) is 11.8 Å². The first-order valence-electron chi connectivity index (χ1n) is 9.11. The molecule has 1 spiro atoms. The van der Waals surface area contributed by atoms with Crippen LogP contribution in [0.25, 0.3) is 0 Å². The molecule has 3 heteroatoms. The van der Waals surface area contributed by atoms with Crippen molar-refractivity contribution in [2.75, 3.05) is 31.2 Å². The number of hydrogen-bond acceptors (Lipinski definition) is 3. The van der Waals surface area contributed by atoms with E-state index in [0.717, 1.165) is 30.3 Å². The lowest BCUT2D eigenvalue weighted by Gasteiger charge is -2.41. The summed E-state index contributed by atoms with van der Waals surface area (Å²) in [5.74, 6) is 6.18. The van der Waals surface area contributed by atoms with Gasteiger partial charge in [-0.25, -0.2) is 0 Å². The summed E-state index contributed by atoms with van der Waals surface area (Å²) in [4.78, 5) is 0. The average Bonchev–Trinajstić information content (AvgIpc) is 3.08. The summed E-state index contributed by atoms with van der Waals surface area (Å²) in [6.45, 7) is 8.06. The molecule has 1 saturated carbocycles. The monoisotopic (exact) mass is 311 g/mol. The Kier molecular flexibility index (Phi) is 5.55. The Morgan fingerprint density at radius 2 is 2.19 bits per heavy atom. The molecule has 2 heterocycles. The van der Waals surface area contributed by atoms with Gasteiger partial charge in [0.05, 0.1) is 5.60 Å². The maximum atomic E-state index is 6.23. The van der Waals surface area contributed by atoms with Crippen LogP contribution in [0, 0.1) is 23.7 Å². The Morgan fingerprint density at radius 1 is 1.29 bits per heavy atom. The van der Waals surface area contributed by atoms with Crippen LogP contribution in [0.4, 0.5) is 0 Å². The molecule has 122 valence electrons. The molecule has 0 bridgehead atoms. The SMILES string of the molecule is CC(C)CNCC1CCCC1C1CCOC2(CCSC2)C1. The second-order valence-corrected chi connectivity index (χ2v) is 9.10. The van der Waals surface area contributed by atoms with E-state index in [-0.39, 0.29) is 5.60 Å². The summed E-state index contributed by atoms with van der Waals surface area (Å²) < 4.78 is 6.23. The van der Waals surface area contributed by atoms with Gasteiger partial charge in [-0.15, -0.1) is 0 Å². The van der Waals surface area contributed by atoms with Crippen LogP contribution in [0.2, 0.25) is 0 Å². The molecule has 21 heavy (non-hydrogen) atoms. The molecule has 1 N–H and O–H groups in total. The van der Waals surface area contributed by atoms with Gasteiger partial charge in [-0.1, -0.05) is 20.3 Å². The minimum Gasteiger partial charge on any atom is -0.374 e. The van der Waals surface area contributed by atoms with Crippen LogP contribution in [0.5, 0.6) is 0 Å². The smallest absolute Gasteiger partial charge is 0.0783 e. The molecular formula is C18H33NOS. The minimum absolute atomic E-state index is 0.270. The number of rotatable bonds is 5. The highest BCUT2D eigenvalue weighted by atomic mass is 32.2. The molecule has 0 amide bonds. The van der Waals surface area contributed by atoms with Crippen LogP contribution < -0.4 is 5.32 Å². The van der Waals surface area contributed by atoms with Crippen molar-refractivity contribution < 1.29 is 4.74 Å². The zero-order chi connectivity index (χ0) is 14.7. The predicted molar refractivity (Wildman–Crippen MR) is 91.9 cm³/mol. The fourth-order valence-corrected chi connectivity index (χ4v) is 6.17. The lowest BCUT2D eigenvalue weighted by Crippen LogP contribution is -2.43. The van der Waals surface area contributed by atoms with Crippen molar-refractivity contribution in [1.82, 2.24) is 5.32 Å². The van der Waals surface area contributed by atoms with Gasteiger partial charge in [0.1, 0.15) is 0 Å². The Labute approximate surface area is 135 Å². The summed E-state index contributed by atoms with van der Waals surface area (Å²) in [5, 5.41) is 3.72. The Morgan fingerprint density at radius 3 is 2.95 bits per heavy atom. The third-order valence-corrected chi connectivity index (χ3v) is 7.10. The standard InChI is InChI=1S/C18H33NOS/c1-14(2)11-19-12-16-4-3-5-17(16)15-6-8-20-18(10-15)7-9-21-13-18/h14-17,19H,3-13H2,1-2H3. The van der Waals surface area contributed by atoms with E-state index in [2.05, 4.69) is 30.9 Å². The summed E-state index contributed by atoms with van der Waals surface area (Å²) in [6, 6.07) is 0. The third kappa shape index (κ3) is 3.97. The van der Waals surface area contributed by atoms with Crippen LogP contribution >= 0.6 is 11.8 Å². The molecule has 2 saturated heterocycles. The first-order chi connectivity index (χ1) is 10.2. The molecule has 4 atom stereocenters. The van der Waals surface area contributed by atoms with E-state index in [4.69, 9.17) is 4.74 Å². The molecule has 0 aromatic heterocycles. The summed E-state index contributed by atoms with van der Waals surface area (Å²) in [5.41, 5.74) is 0.270. The Hall–Kier alpha value is 0.270. The molecule has 1 aliphatic carbocycles. The molecule has 3 aliphatic rings. The second-order valence-electron chi connectivity index (χ2n) is 7.99. The Bertz CT molecular complexity index is 327. The number of thioether (sulfide) groups is 1. The van der Waals surface area contributed by atoms with Crippen LogP contribution in [0.3, 0.4) is 0 Å². The summed E-state index contributed by atoms with van der Waals surface area (Å²) in [6.07, 6.45) is 8.36. The van der Waals surface area contributed by atoms with Gasteiger partial charge in [0.2, 0.25) is 0 Å². The zero-order valence-corrected chi connectivity index (χ0v) is 14.7. The van der Waals surface area contributed by atoms with Crippen LogP contribution in [-0.4, -0.2) is 36.8 Å². The highest BCUT2D eigenvalue weighted by molar-refractivity contribution is 7.99. The number of nitrogens with one attached hydrogen (secondary N) is 1. The van der Waals surface area contributed by atoms with Gasteiger partial charge in [-0.05, 0) is 74.6 Å². The first kappa shape index (κ1) is 16.1. The van der Waals surface area contributed by atoms with Crippen molar-refractivity contribution in [3.05, 3.63) is 0 Å². The van der Waals surface area contributed by atoms with Gasteiger partial charge in [0, 0.05) is 12.4 Å². The van der Waals surface area contributed by atoms with Crippen molar-refractivity contribution in [2.45, 2.75) is 58.0 Å². The topological polar surface area (TPSA) is 21.3 Å². The van der Waals surface area contributed by atoms with Gasteiger partial charge >= 0.3 is 0 Å². The van der Waals surface area contributed by atoms with Crippen molar-refractivity contribution in [1.29, 1.82) is 0 Å². The molecular weight excluding hydrogens is 278 g/mol. The van der Waals surface area contributed by atoms with Crippen molar-refractivity contribution in [3.63, 3.8) is 0 Å². The van der Waals surface area contributed by atoms with E-state index in [1.54, 1.807) is 0 Å². The first-order valence-corrected chi connectivity index (χ1v) is 10.3. The maximum absolute atomic E-state index is 6.23. The zero-order valence-electron chi connectivity index (χ0n) is 13.9. The highest BCUT2D eigenvalue weighted by Gasteiger charge is 2.44. The second kappa shape index (κ2) is 7.23. The van der Waals surface area contributed by atoms with E-state index in [1.165, 1.54) is 63.1 Å². The predicted octanol–water partition coefficient (Wildman–Crippen LogP) is 3.95. The molecule has 0 radical (unpaired) electrons. The third-order valence-electron chi connectivity index (χ3n) is 5.88. The number of hydrogen-bond donors (Lipinski definition) is 1. The van der Waals surface area contributed by atoms with E-state index >= 15 is 0 Å². The lowest BCUT2D eigenvalue weighted by atomic mass is 9.74. The molecule has 3 rings (SSSR count). The quantitative estimate of drug-likeness (QED) is 0.830. The van der Waals surface area contributed by atoms with Crippen molar-refractivity contribution in [3.8, 4) is 0 Å². The van der Waals surface area contributed by atoms with Crippen LogP contribution in [0.1, 0.15) is 52.4 Å². The van der Waals surface area contributed by atoms with Crippen LogP contribution in [0.15, 0.2) is 0 Å². The summed E-state index contributed by atoms with van der Waals surface area (Å²) in [7, 11) is 0. The largest absolute Gasteiger partial charge is 0.374 e. The Balaban J connectivity index is 1.54. The van der Waals surface area contributed by atoms with E-state index < -0.39 is 0 Å². The van der Waals surface area contributed by atoms with Gasteiger partial charge < -0.3 is 10.1 Å². The average molecular weight is 312 g/mol. The minimum atomic E-state index is 0.270. The van der Waals surface area contributed by atoms with Gasteiger partial charge in [-0.3, -0.25) is 0 Å². The normalized spacial score (nSPS) is 40.4. The molecule has 0 aromatic carbocycles. The molecule has 2 aliphatic heterocycles. The molecule has 4 unspecified atom stereocenters. The molecule has 2 nitrogen and oxygen atoms in total. The highest BCUT2D eigenvalue weighted by Crippen LogP contribution is 2.47. The molecule has 0 aromatic rings. The van der Waals surface area contributed by atoms with E-state index in [9.17, 15) is 0 Å². The van der Waals surface area contributed by atoms with E-state index in [0.29, 0.717) is 0 Å².